The van der Waals surface area contributed by atoms with E-state index in [0.29, 0.717) is 22.7 Å². The maximum Gasteiger partial charge on any atom is 0.256 e. The fourth-order valence-corrected chi connectivity index (χ4v) is 2.56. The van der Waals surface area contributed by atoms with E-state index in [2.05, 4.69) is 10.3 Å². The van der Waals surface area contributed by atoms with E-state index in [-0.39, 0.29) is 22.5 Å². The van der Waals surface area contributed by atoms with Gasteiger partial charge in [0.2, 0.25) is 0 Å². The molecule has 0 radical (unpaired) electrons. The molecule has 0 unspecified atom stereocenters. The molecule has 2 aromatic carbocycles. The molecule has 0 atom stereocenters. The summed E-state index contributed by atoms with van der Waals surface area (Å²) < 4.78 is 19.4. The number of rotatable bonds is 4. The number of aromatic nitrogens is 1. The Kier molecular flexibility index (Phi) is 6.46. The number of anilines is 1. The lowest BCUT2D eigenvalue weighted by atomic mass is 10.0. The van der Waals surface area contributed by atoms with Gasteiger partial charge in [-0.1, -0.05) is 24.3 Å². The number of pyridine rings is 1. The number of para-hydroxylation sites is 1. The molecule has 1 amide bonds. The average molecular weight is 417 g/mol. The molecule has 1 aromatic heterocycles. The summed E-state index contributed by atoms with van der Waals surface area (Å²) >= 11 is 0. The summed E-state index contributed by atoms with van der Waals surface area (Å²) in [5.74, 6) is 0.118. The molecule has 3 aromatic rings. The van der Waals surface area contributed by atoms with Crippen molar-refractivity contribution in [2.45, 2.75) is 6.92 Å². The van der Waals surface area contributed by atoms with E-state index >= 15 is 0 Å². The maximum absolute atomic E-state index is 14.1. The van der Waals surface area contributed by atoms with Crippen molar-refractivity contribution in [1.29, 1.82) is 0 Å². The molecule has 0 saturated carbocycles. The van der Waals surface area contributed by atoms with E-state index in [0.717, 1.165) is 5.69 Å². The Morgan fingerprint density at radius 3 is 2.58 bits per heavy atom. The van der Waals surface area contributed by atoms with Gasteiger partial charge in [-0.3, -0.25) is 4.79 Å². The van der Waals surface area contributed by atoms with Crippen molar-refractivity contribution in [1.82, 2.24) is 4.98 Å². The van der Waals surface area contributed by atoms with E-state index in [1.54, 1.807) is 31.4 Å². The maximum atomic E-state index is 14.1. The van der Waals surface area contributed by atoms with E-state index in [9.17, 15) is 9.18 Å². The fraction of sp³-hybridized carbons (Fsp3) is 0.100. The van der Waals surface area contributed by atoms with Gasteiger partial charge in [-0.15, -0.1) is 17.0 Å². The highest BCUT2D eigenvalue weighted by atomic mass is 79.9. The summed E-state index contributed by atoms with van der Waals surface area (Å²) in [6, 6.07) is 16.8. The first-order valence-electron chi connectivity index (χ1n) is 7.76. The molecular weight excluding hydrogens is 399 g/mol. The third kappa shape index (κ3) is 4.46. The number of hydrogen-bond donors (Lipinski definition) is 1. The van der Waals surface area contributed by atoms with Crippen LogP contribution in [0.5, 0.6) is 5.75 Å². The van der Waals surface area contributed by atoms with E-state index in [1.807, 2.05) is 31.2 Å². The number of aryl methyl sites for hydroxylation is 1. The summed E-state index contributed by atoms with van der Waals surface area (Å²) in [6.45, 7) is 1.83. The van der Waals surface area contributed by atoms with Crippen LogP contribution < -0.4 is 10.1 Å². The van der Waals surface area contributed by atoms with E-state index in [4.69, 9.17) is 4.74 Å². The minimum Gasteiger partial charge on any atom is -0.496 e. The number of benzene rings is 2. The Bertz CT molecular complexity index is 931. The smallest absolute Gasteiger partial charge is 0.256 e. The summed E-state index contributed by atoms with van der Waals surface area (Å²) in [5.41, 5.74) is 2.28. The normalized spacial score (nSPS) is 9.96. The lowest BCUT2D eigenvalue weighted by Crippen LogP contribution is -2.13. The molecule has 0 spiro atoms. The Hall–Kier alpha value is -2.73. The highest BCUT2D eigenvalue weighted by Gasteiger charge is 2.13. The SMILES string of the molecule is Br.COc1ccccc1-c1cc(F)cc(C(=O)Nc2cccc(C)n2)c1. The van der Waals surface area contributed by atoms with Gasteiger partial charge >= 0.3 is 0 Å². The zero-order chi connectivity index (χ0) is 17.8. The van der Waals surface area contributed by atoms with Crippen LogP contribution in [0.15, 0.2) is 60.7 Å². The molecule has 134 valence electrons. The number of halogens is 2. The Morgan fingerprint density at radius 2 is 1.85 bits per heavy atom. The van der Waals surface area contributed by atoms with Crippen molar-refractivity contribution in [3.63, 3.8) is 0 Å². The topological polar surface area (TPSA) is 51.2 Å². The molecule has 1 N–H and O–H groups in total. The van der Waals surface area contributed by atoms with Crippen LogP contribution in [-0.2, 0) is 0 Å². The Balaban J connectivity index is 0.00000243. The monoisotopic (exact) mass is 416 g/mol. The Morgan fingerprint density at radius 1 is 1.08 bits per heavy atom. The van der Waals surface area contributed by atoms with Gasteiger partial charge < -0.3 is 10.1 Å². The molecule has 0 bridgehead atoms. The van der Waals surface area contributed by atoms with E-state index in [1.165, 1.54) is 12.1 Å². The first-order valence-corrected chi connectivity index (χ1v) is 7.76. The number of carbonyl (C=O) groups is 1. The minimum atomic E-state index is -0.495. The average Bonchev–Trinajstić information content (AvgIpc) is 2.61. The largest absolute Gasteiger partial charge is 0.496 e. The van der Waals surface area contributed by atoms with Gasteiger partial charge in [0.1, 0.15) is 17.4 Å². The predicted octanol–water partition coefficient (Wildman–Crippen LogP) is 5.03. The molecule has 0 aliphatic rings. The van der Waals surface area contributed by atoms with Gasteiger partial charge in [0.15, 0.2) is 0 Å². The Labute approximate surface area is 161 Å². The van der Waals surface area contributed by atoms with Crippen molar-refractivity contribution in [3.8, 4) is 16.9 Å². The van der Waals surface area contributed by atoms with Crippen LogP contribution in [0.4, 0.5) is 10.2 Å². The van der Waals surface area contributed by atoms with Gasteiger partial charge in [-0.25, -0.2) is 9.37 Å². The summed E-state index contributed by atoms with van der Waals surface area (Å²) in [7, 11) is 1.55. The van der Waals surface area contributed by atoms with Gasteiger partial charge in [0.05, 0.1) is 7.11 Å². The van der Waals surface area contributed by atoms with Crippen LogP contribution in [0, 0.1) is 12.7 Å². The highest BCUT2D eigenvalue weighted by Crippen LogP contribution is 2.30. The van der Waals surface area contributed by atoms with Gasteiger partial charge in [0.25, 0.3) is 5.91 Å². The second-order valence-corrected chi connectivity index (χ2v) is 5.55. The third-order valence-electron chi connectivity index (χ3n) is 3.71. The van der Waals surface area contributed by atoms with Crippen molar-refractivity contribution < 1.29 is 13.9 Å². The molecule has 1 heterocycles. The number of methoxy groups -OCH3 is 1. The summed E-state index contributed by atoms with van der Waals surface area (Å²) in [5, 5.41) is 2.69. The zero-order valence-electron chi connectivity index (χ0n) is 14.3. The first kappa shape index (κ1) is 19.6. The number of nitrogens with one attached hydrogen (secondary N) is 1. The second kappa shape index (κ2) is 8.58. The lowest BCUT2D eigenvalue weighted by molar-refractivity contribution is 0.102. The molecule has 0 aliphatic carbocycles. The molecule has 26 heavy (non-hydrogen) atoms. The quantitative estimate of drug-likeness (QED) is 0.648. The molecular formula is C20H18BrFN2O2. The van der Waals surface area contributed by atoms with Crippen molar-refractivity contribution in [2.75, 3.05) is 12.4 Å². The minimum absolute atomic E-state index is 0. The molecule has 4 nitrogen and oxygen atoms in total. The van der Waals surface area contributed by atoms with Gasteiger partial charge in [-0.2, -0.15) is 0 Å². The zero-order valence-corrected chi connectivity index (χ0v) is 16.0. The number of amides is 1. The standard InChI is InChI=1S/C20H17FN2O2.BrH/c1-13-6-5-9-19(22-13)23-20(24)15-10-14(11-16(21)12-15)17-7-3-4-8-18(17)25-2;/h3-12H,1-2H3,(H,22,23,24);1H. The molecule has 0 aliphatic heterocycles. The van der Waals surface area contributed by atoms with Crippen molar-refractivity contribution in [3.05, 3.63) is 77.7 Å². The molecule has 6 heteroatoms. The van der Waals surface area contributed by atoms with E-state index < -0.39 is 11.7 Å². The lowest BCUT2D eigenvalue weighted by Gasteiger charge is -2.11. The third-order valence-corrected chi connectivity index (χ3v) is 3.71. The van der Waals surface area contributed by atoms with Crippen LogP contribution in [0.25, 0.3) is 11.1 Å². The molecule has 0 saturated heterocycles. The number of carbonyl (C=O) groups excluding carboxylic acids is 1. The number of ether oxygens (including phenoxy) is 1. The van der Waals surface area contributed by atoms with Gasteiger partial charge in [0, 0.05) is 16.8 Å². The van der Waals surface area contributed by atoms with Crippen LogP contribution in [0.1, 0.15) is 16.1 Å². The molecule has 3 rings (SSSR count). The van der Waals surface area contributed by atoms with Crippen molar-refractivity contribution >= 4 is 28.7 Å². The highest BCUT2D eigenvalue weighted by molar-refractivity contribution is 8.93. The first-order chi connectivity index (χ1) is 12.1. The second-order valence-electron chi connectivity index (χ2n) is 5.55. The van der Waals surface area contributed by atoms with Crippen LogP contribution >= 0.6 is 17.0 Å². The van der Waals surface area contributed by atoms with Crippen LogP contribution in [0.3, 0.4) is 0 Å². The fourth-order valence-electron chi connectivity index (χ4n) is 2.56. The predicted molar refractivity (Wildman–Crippen MR) is 106 cm³/mol. The van der Waals surface area contributed by atoms with Crippen LogP contribution in [0.2, 0.25) is 0 Å². The van der Waals surface area contributed by atoms with Gasteiger partial charge in [-0.05, 0) is 48.9 Å². The number of hydrogen-bond acceptors (Lipinski definition) is 3. The summed E-state index contributed by atoms with van der Waals surface area (Å²) in [6.07, 6.45) is 0. The van der Waals surface area contributed by atoms with Crippen molar-refractivity contribution in [2.24, 2.45) is 0 Å². The van der Waals surface area contributed by atoms with Crippen LogP contribution in [-0.4, -0.2) is 18.0 Å². The number of nitrogens with zero attached hydrogens (tertiary/aromatic N) is 1. The molecule has 0 fully saturated rings. The summed E-state index contributed by atoms with van der Waals surface area (Å²) in [4.78, 5) is 16.7.